The van der Waals surface area contributed by atoms with Crippen molar-refractivity contribution in [1.82, 2.24) is 9.97 Å². The van der Waals surface area contributed by atoms with Crippen LogP contribution in [0.3, 0.4) is 0 Å². The first kappa shape index (κ1) is 9.15. The molecule has 0 radical (unpaired) electrons. The predicted octanol–water partition coefficient (Wildman–Crippen LogP) is 2.56. The molecule has 0 atom stereocenters. The predicted molar refractivity (Wildman–Crippen MR) is 59.6 cm³/mol. The summed E-state index contributed by atoms with van der Waals surface area (Å²) >= 11 is 1.67. The summed E-state index contributed by atoms with van der Waals surface area (Å²) in [5.74, 6) is 1.64. The van der Waals surface area contributed by atoms with Crippen LogP contribution in [0.4, 0.5) is 5.82 Å². The summed E-state index contributed by atoms with van der Waals surface area (Å²) in [7, 11) is 1.85. The molecule has 0 saturated heterocycles. The molecular formula is C10H11N3S. The van der Waals surface area contributed by atoms with E-state index in [4.69, 9.17) is 0 Å². The molecule has 2 aromatic heterocycles. The van der Waals surface area contributed by atoms with E-state index in [2.05, 4.69) is 33.0 Å². The van der Waals surface area contributed by atoms with Gasteiger partial charge in [-0.2, -0.15) is 11.3 Å². The highest BCUT2D eigenvalue weighted by atomic mass is 32.1. The van der Waals surface area contributed by atoms with E-state index < -0.39 is 0 Å². The number of aromatic nitrogens is 2. The third kappa shape index (κ3) is 1.61. The van der Waals surface area contributed by atoms with Gasteiger partial charge >= 0.3 is 0 Å². The van der Waals surface area contributed by atoms with Gasteiger partial charge in [0.2, 0.25) is 0 Å². The van der Waals surface area contributed by atoms with Gasteiger partial charge in [0.25, 0.3) is 0 Å². The minimum atomic E-state index is 0.788. The Hall–Kier alpha value is -1.42. The number of nitrogens with zero attached hydrogens (tertiary/aromatic N) is 2. The zero-order valence-corrected chi connectivity index (χ0v) is 8.93. The fourth-order valence-electron chi connectivity index (χ4n) is 1.22. The zero-order chi connectivity index (χ0) is 9.97. The second-order valence-corrected chi connectivity index (χ2v) is 3.73. The van der Waals surface area contributed by atoms with Crippen molar-refractivity contribution in [1.29, 1.82) is 0 Å². The molecule has 72 valence electrons. The van der Waals surface area contributed by atoms with Gasteiger partial charge in [0.05, 0.1) is 0 Å². The summed E-state index contributed by atoms with van der Waals surface area (Å²) in [5, 5.41) is 7.18. The number of thiophene rings is 1. The lowest BCUT2D eigenvalue weighted by atomic mass is 10.2. The first-order valence-electron chi connectivity index (χ1n) is 4.35. The van der Waals surface area contributed by atoms with Gasteiger partial charge in [0.1, 0.15) is 5.82 Å². The molecule has 2 aromatic rings. The number of hydrogen-bond donors (Lipinski definition) is 1. The fourth-order valence-corrected chi connectivity index (χ4v) is 2.04. The Labute approximate surface area is 86.8 Å². The van der Waals surface area contributed by atoms with Crippen molar-refractivity contribution in [3.63, 3.8) is 0 Å². The summed E-state index contributed by atoms with van der Waals surface area (Å²) in [6.45, 7) is 2.07. The third-order valence-electron chi connectivity index (χ3n) is 2.01. The van der Waals surface area contributed by atoms with Crippen molar-refractivity contribution in [3.05, 3.63) is 28.6 Å². The SMILES string of the molecule is CNc1ccnc(-c2cscc2C)n1. The summed E-state index contributed by atoms with van der Waals surface area (Å²) in [5.41, 5.74) is 2.34. The van der Waals surface area contributed by atoms with Crippen LogP contribution in [0.15, 0.2) is 23.0 Å². The van der Waals surface area contributed by atoms with Crippen LogP contribution >= 0.6 is 11.3 Å². The van der Waals surface area contributed by atoms with Gasteiger partial charge < -0.3 is 5.32 Å². The van der Waals surface area contributed by atoms with E-state index in [0.29, 0.717) is 0 Å². The highest BCUT2D eigenvalue weighted by Crippen LogP contribution is 2.23. The van der Waals surface area contributed by atoms with E-state index in [1.165, 1.54) is 5.56 Å². The lowest BCUT2D eigenvalue weighted by Gasteiger charge is -2.01. The van der Waals surface area contributed by atoms with Crippen molar-refractivity contribution < 1.29 is 0 Å². The van der Waals surface area contributed by atoms with Crippen LogP contribution in [-0.4, -0.2) is 17.0 Å². The molecule has 0 aliphatic heterocycles. The highest BCUT2D eigenvalue weighted by molar-refractivity contribution is 7.08. The zero-order valence-electron chi connectivity index (χ0n) is 8.11. The van der Waals surface area contributed by atoms with Gasteiger partial charge in [-0.1, -0.05) is 0 Å². The molecule has 3 nitrogen and oxygen atoms in total. The van der Waals surface area contributed by atoms with E-state index in [0.717, 1.165) is 17.2 Å². The number of nitrogens with one attached hydrogen (secondary N) is 1. The average molecular weight is 205 g/mol. The molecule has 4 heteroatoms. The van der Waals surface area contributed by atoms with Gasteiger partial charge in [0.15, 0.2) is 5.82 Å². The minimum Gasteiger partial charge on any atom is -0.373 e. The molecule has 0 aliphatic rings. The molecule has 0 aliphatic carbocycles. The lowest BCUT2D eigenvalue weighted by Crippen LogP contribution is -1.95. The maximum absolute atomic E-state index is 4.38. The average Bonchev–Trinajstić information content (AvgIpc) is 2.65. The van der Waals surface area contributed by atoms with Gasteiger partial charge in [-0.15, -0.1) is 0 Å². The van der Waals surface area contributed by atoms with E-state index in [1.54, 1.807) is 17.5 Å². The number of rotatable bonds is 2. The maximum atomic E-state index is 4.38. The molecule has 0 fully saturated rings. The smallest absolute Gasteiger partial charge is 0.162 e. The van der Waals surface area contributed by atoms with Crippen LogP contribution in [0.2, 0.25) is 0 Å². The van der Waals surface area contributed by atoms with Crippen LogP contribution in [0.1, 0.15) is 5.56 Å². The van der Waals surface area contributed by atoms with Crippen molar-refractivity contribution >= 4 is 17.2 Å². The second-order valence-electron chi connectivity index (χ2n) is 2.98. The Bertz CT molecular complexity index is 436. The Balaban J connectivity index is 2.47. The van der Waals surface area contributed by atoms with E-state index in [-0.39, 0.29) is 0 Å². The lowest BCUT2D eigenvalue weighted by molar-refractivity contribution is 1.16. The van der Waals surface area contributed by atoms with E-state index in [9.17, 15) is 0 Å². The summed E-state index contributed by atoms with van der Waals surface area (Å²) in [6.07, 6.45) is 1.77. The van der Waals surface area contributed by atoms with Crippen LogP contribution in [0, 0.1) is 6.92 Å². The molecule has 0 unspecified atom stereocenters. The van der Waals surface area contributed by atoms with Gasteiger partial charge in [-0.25, -0.2) is 9.97 Å². The van der Waals surface area contributed by atoms with Crippen molar-refractivity contribution in [3.8, 4) is 11.4 Å². The van der Waals surface area contributed by atoms with Crippen molar-refractivity contribution in [2.75, 3.05) is 12.4 Å². The van der Waals surface area contributed by atoms with E-state index >= 15 is 0 Å². The third-order valence-corrected chi connectivity index (χ3v) is 2.87. The van der Waals surface area contributed by atoms with Gasteiger partial charge in [0, 0.05) is 24.2 Å². The first-order chi connectivity index (χ1) is 6.81. The van der Waals surface area contributed by atoms with Crippen LogP contribution < -0.4 is 5.32 Å². The number of aryl methyl sites for hydroxylation is 1. The van der Waals surface area contributed by atoms with Gasteiger partial charge in [-0.05, 0) is 23.9 Å². The summed E-state index contributed by atoms with van der Waals surface area (Å²) in [6, 6.07) is 1.85. The van der Waals surface area contributed by atoms with Crippen LogP contribution in [0.5, 0.6) is 0 Å². The van der Waals surface area contributed by atoms with Gasteiger partial charge in [-0.3, -0.25) is 0 Å². The maximum Gasteiger partial charge on any atom is 0.162 e. The van der Waals surface area contributed by atoms with Crippen molar-refractivity contribution in [2.24, 2.45) is 0 Å². The number of hydrogen-bond acceptors (Lipinski definition) is 4. The Kier molecular flexibility index (Phi) is 2.45. The number of anilines is 1. The topological polar surface area (TPSA) is 37.8 Å². The summed E-state index contributed by atoms with van der Waals surface area (Å²) < 4.78 is 0. The molecule has 0 spiro atoms. The van der Waals surface area contributed by atoms with E-state index in [1.807, 2.05) is 13.1 Å². The molecular weight excluding hydrogens is 194 g/mol. The first-order valence-corrected chi connectivity index (χ1v) is 5.29. The van der Waals surface area contributed by atoms with Crippen molar-refractivity contribution in [2.45, 2.75) is 6.92 Å². The molecule has 14 heavy (non-hydrogen) atoms. The molecule has 0 bridgehead atoms. The Morgan fingerprint density at radius 3 is 2.86 bits per heavy atom. The largest absolute Gasteiger partial charge is 0.373 e. The molecule has 0 amide bonds. The monoisotopic (exact) mass is 205 g/mol. The quantitative estimate of drug-likeness (QED) is 0.818. The Morgan fingerprint density at radius 1 is 1.36 bits per heavy atom. The Morgan fingerprint density at radius 2 is 2.21 bits per heavy atom. The summed E-state index contributed by atoms with van der Waals surface area (Å²) in [4.78, 5) is 8.63. The normalized spacial score (nSPS) is 10.1. The highest BCUT2D eigenvalue weighted by Gasteiger charge is 2.05. The molecule has 0 saturated carbocycles. The molecule has 2 rings (SSSR count). The standard InChI is InChI=1S/C10H11N3S/c1-7-5-14-6-8(7)10-12-4-3-9(11-2)13-10/h3-6H,1-2H3,(H,11,12,13). The fraction of sp³-hybridized carbons (Fsp3) is 0.200. The minimum absolute atomic E-state index is 0.788. The molecule has 0 aromatic carbocycles. The van der Waals surface area contributed by atoms with Crippen LogP contribution in [0.25, 0.3) is 11.4 Å². The molecule has 1 N–H and O–H groups in total. The molecule has 2 heterocycles. The second kappa shape index (κ2) is 3.75. The van der Waals surface area contributed by atoms with Crippen LogP contribution in [-0.2, 0) is 0 Å².